The van der Waals surface area contributed by atoms with Gasteiger partial charge in [-0.25, -0.2) is 0 Å². The van der Waals surface area contributed by atoms with Crippen molar-refractivity contribution in [2.24, 2.45) is 0 Å². The summed E-state index contributed by atoms with van der Waals surface area (Å²) in [4.78, 5) is 0. The predicted octanol–water partition coefficient (Wildman–Crippen LogP) is -0.773. The van der Waals surface area contributed by atoms with Gasteiger partial charge in [-0.15, -0.1) is 0 Å². The molecule has 0 aromatic carbocycles. The van der Waals surface area contributed by atoms with Gasteiger partial charge in [-0.2, -0.15) is 0 Å². The summed E-state index contributed by atoms with van der Waals surface area (Å²) in [6, 6.07) is 0. The van der Waals surface area contributed by atoms with Gasteiger partial charge < -0.3 is 5.32 Å². The molecule has 0 saturated carbocycles. The Labute approximate surface area is 54.6 Å². The summed E-state index contributed by atoms with van der Waals surface area (Å²) >= 11 is 0. The van der Waals surface area contributed by atoms with Crippen LogP contribution >= 0.6 is 0 Å². The second-order valence-electron chi connectivity index (χ2n) is 1.65. The van der Waals surface area contributed by atoms with Crippen LogP contribution in [-0.2, 0) is 0 Å². The van der Waals surface area contributed by atoms with Crippen LogP contribution in [0.4, 0.5) is 0 Å². The van der Waals surface area contributed by atoms with Crippen LogP contribution in [0, 0.1) is 0 Å². The van der Waals surface area contributed by atoms with Gasteiger partial charge in [0.05, 0.1) is 0 Å². The number of hydrogen-bond acceptors (Lipinski definition) is 1. The molecule has 1 saturated heterocycles. The minimum Gasteiger partial charge on any atom is -0.317 e. The molecule has 0 amide bonds. The van der Waals surface area contributed by atoms with Gasteiger partial charge >= 0.3 is 0 Å². The van der Waals surface area contributed by atoms with Gasteiger partial charge in [-0.05, 0) is 25.9 Å². The molecule has 5 radical (unpaired) electrons. The van der Waals surface area contributed by atoms with Crippen LogP contribution in [0.3, 0.4) is 0 Å². The Balaban J connectivity index is 0.000000145. The fourth-order valence-electron chi connectivity index (χ4n) is 0.625. The molecule has 1 heterocycles. The van der Waals surface area contributed by atoms with Gasteiger partial charge in [0, 0.05) is 22.5 Å². The zero-order chi connectivity index (χ0) is 6.24. The average Bonchev–Trinajstić information content (AvgIpc) is 2.17. The molecule has 1 fully saturated rings. The largest absolute Gasteiger partial charge is 0.317 e. The van der Waals surface area contributed by atoms with Gasteiger partial charge in [-0.1, -0.05) is 0 Å². The molecular formula is C4H9B3N. The van der Waals surface area contributed by atoms with Crippen molar-refractivity contribution in [2.75, 3.05) is 13.1 Å². The SMILES string of the molecule is C1CCNC1.[B][B][B]. The quantitative estimate of drug-likeness (QED) is 0.397. The Bertz CT molecular complexity index is 30.7. The molecule has 0 aromatic heterocycles. The van der Waals surface area contributed by atoms with Crippen molar-refractivity contribution in [3.8, 4) is 0 Å². The summed E-state index contributed by atoms with van der Waals surface area (Å²) in [5.74, 6) is 0. The normalized spacial score (nSPS) is 16.5. The van der Waals surface area contributed by atoms with Crippen molar-refractivity contribution in [1.82, 2.24) is 5.32 Å². The maximum absolute atomic E-state index is 4.50. The summed E-state index contributed by atoms with van der Waals surface area (Å²) in [6.07, 6.45) is 2.78. The van der Waals surface area contributed by atoms with Crippen LogP contribution in [0.25, 0.3) is 0 Å². The first-order valence-corrected chi connectivity index (χ1v) is 2.87. The van der Waals surface area contributed by atoms with Crippen molar-refractivity contribution in [3.05, 3.63) is 0 Å². The third-order valence-electron chi connectivity index (χ3n) is 0.957. The van der Waals surface area contributed by atoms with Crippen LogP contribution in [0.1, 0.15) is 12.8 Å². The number of hydrogen-bond donors (Lipinski definition) is 1. The Morgan fingerprint density at radius 1 is 1.12 bits per heavy atom. The van der Waals surface area contributed by atoms with E-state index < -0.39 is 0 Å². The standard InChI is InChI=1S/C4H9N.B3/c1-2-4-5-3-1;1-3-2/h5H,1-4H2;. The molecule has 0 aromatic rings. The van der Waals surface area contributed by atoms with E-state index in [1.165, 1.54) is 25.9 Å². The van der Waals surface area contributed by atoms with Crippen LogP contribution in [0.5, 0.6) is 0 Å². The molecule has 1 nitrogen and oxygen atoms in total. The molecule has 0 unspecified atom stereocenters. The molecule has 39 valence electrons. The molecule has 0 aliphatic carbocycles. The summed E-state index contributed by atoms with van der Waals surface area (Å²) in [5, 5.41) is 3.22. The van der Waals surface area contributed by atoms with Gasteiger partial charge in [0.1, 0.15) is 0 Å². The summed E-state index contributed by atoms with van der Waals surface area (Å²) in [6.45, 7) is 2.50. The minimum atomic E-state index is 1.00. The second kappa shape index (κ2) is 7.15. The van der Waals surface area contributed by atoms with E-state index in [1.807, 2.05) is 0 Å². The van der Waals surface area contributed by atoms with Crippen molar-refractivity contribution in [1.29, 1.82) is 0 Å². The predicted molar refractivity (Wildman–Crippen MR) is 39.4 cm³/mol. The lowest BCUT2D eigenvalue weighted by Gasteiger charge is -1.76. The van der Waals surface area contributed by atoms with E-state index in [9.17, 15) is 0 Å². The van der Waals surface area contributed by atoms with Crippen molar-refractivity contribution >= 4 is 22.5 Å². The van der Waals surface area contributed by atoms with Crippen molar-refractivity contribution in [2.45, 2.75) is 12.8 Å². The molecule has 4 heteroatoms. The maximum atomic E-state index is 4.50. The van der Waals surface area contributed by atoms with Crippen LogP contribution in [0.15, 0.2) is 0 Å². The zero-order valence-corrected chi connectivity index (χ0v) is 5.06. The monoisotopic (exact) mass is 104 g/mol. The maximum Gasteiger partial charge on any atom is 0 e. The van der Waals surface area contributed by atoms with Crippen molar-refractivity contribution < 1.29 is 0 Å². The molecule has 1 aliphatic heterocycles. The van der Waals surface area contributed by atoms with Gasteiger partial charge in [0.15, 0.2) is 0 Å². The third kappa shape index (κ3) is 6.15. The van der Waals surface area contributed by atoms with E-state index in [1.54, 1.807) is 0 Å². The Hall–Kier alpha value is 0.155. The molecular weight excluding hydrogens is 94.5 g/mol. The van der Waals surface area contributed by atoms with Gasteiger partial charge in [0.25, 0.3) is 0 Å². The lowest BCUT2D eigenvalue weighted by molar-refractivity contribution is 0.857. The van der Waals surface area contributed by atoms with E-state index in [4.69, 9.17) is 0 Å². The number of nitrogens with one attached hydrogen (secondary N) is 1. The zero-order valence-electron chi connectivity index (χ0n) is 5.06. The summed E-state index contributed by atoms with van der Waals surface area (Å²) < 4.78 is 0. The molecule has 0 atom stereocenters. The molecule has 1 aliphatic rings. The highest BCUT2D eigenvalue weighted by Gasteiger charge is 1.93. The first kappa shape index (κ1) is 8.15. The Morgan fingerprint density at radius 2 is 1.50 bits per heavy atom. The molecule has 0 spiro atoms. The summed E-state index contributed by atoms with van der Waals surface area (Å²) in [7, 11) is 10.0. The van der Waals surface area contributed by atoms with E-state index in [-0.39, 0.29) is 0 Å². The first-order valence-electron chi connectivity index (χ1n) is 2.87. The summed E-state index contributed by atoms with van der Waals surface area (Å²) in [5.41, 5.74) is 0. The fourth-order valence-corrected chi connectivity index (χ4v) is 0.625. The average molecular weight is 104 g/mol. The van der Waals surface area contributed by atoms with Gasteiger partial charge in [-0.3, -0.25) is 0 Å². The molecule has 0 bridgehead atoms. The highest BCUT2D eigenvalue weighted by atomic mass is 14.9. The molecule has 1 rings (SSSR count). The third-order valence-corrected chi connectivity index (χ3v) is 0.957. The smallest absolute Gasteiger partial charge is 0 e. The van der Waals surface area contributed by atoms with Crippen LogP contribution in [-0.4, -0.2) is 35.6 Å². The molecule has 1 N–H and O–H groups in total. The minimum absolute atomic E-state index is 1.00. The van der Waals surface area contributed by atoms with E-state index in [2.05, 4.69) is 20.8 Å². The lowest BCUT2D eigenvalue weighted by atomic mass is 9.40. The number of rotatable bonds is 0. The topological polar surface area (TPSA) is 12.0 Å². The van der Waals surface area contributed by atoms with Gasteiger partial charge in [0.2, 0.25) is 0 Å². The first-order chi connectivity index (χ1) is 3.91. The van der Waals surface area contributed by atoms with E-state index in [0.29, 0.717) is 0 Å². The highest BCUT2D eigenvalue weighted by Crippen LogP contribution is 1.90. The van der Waals surface area contributed by atoms with Crippen molar-refractivity contribution in [3.63, 3.8) is 0 Å². The van der Waals surface area contributed by atoms with E-state index >= 15 is 0 Å². The van der Waals surface area contributed by atoms with Crippen LogP contribution < -0.4 is 5.32 Å². The lowest BCUT2D eigenvalue weighted by Crippen LogP contribution is -2.03. The van der Waals surface area contributed by atoms with E-state index in [0.717, 1.165) is 7.06 Å². The Kier molecular flexibility index (Phi) is 7.29. The van der Waals surface area contributed by atoms with Crippen LogP contribution in [0.2, 0.25) is 0 Å². The second-order valence-corrected chi connectivity index (χ2v) is 1.65. The Morgan fingerprint density at radius 3 is 1.62 bits per heavy atom. The fraction of sp³-hybridized carbons (Fsp3) is 1.00. The highest BCUT2D eigenvalue weighted by molar-refractivity contribution is 7.17. The molecule has 8 heavy (non-hydrogen) atoms.